The minimum atomic E-state index is -3.58. The zero-order chi connectivity index (χ0) is 25.4. The Kier molecular flexibility index (Phi) is 6.78. The van der Waals surface area contributed by atoms with Crippen LogP contribution in [0, 0.1) is 0 Å². The molecule has 8 nitrogen and oxygen atoms in total. The minimum Gasteiger partial charge on any atom is -0.343 e. The topological polar surface area (TPSA) is 92.6 Å². The van der Waals surface area contributed by atoms with E-state index in [4.69, 9.17) is 11.6 Å². The monoisotopic (exact) mass is 528 g/mol. The van der Waals surface area contributed by atoms with Crippen LogP contribution in [0.1, 0.15) is 43.6 Å². The molecule has 1 fully saturated rings. The number of piperidine rings is 1. The summed E-state index contributed by atoms with van der Waals surface area (Å²) >= 11 is 6.01. The molecule has 1 saturated heterocycles. The number of sulfone groups is 1. The zero-order valence-corrected chi connectivity index (χ0v) is 21.8. The van der Waals surface area contributed by atoms with Gasteiger partial charge in [-0.15, -0.1) is 0 Å². The summed E-state index contributed by atoms with van der Waals surface area (Å²) in [7, 11) is -3.58. The van der Waals surface area contributed by atoms with Gasteiger partial charge in [-0.1, -0.05) is 23.7 Å². The summed E-state index contributed by atoms with van der Waals surface area (Å²) < 4.78 is 28.0. The van der Waals surface area contributed by atoms with Crippen molar-refractivity contribution < 1.29 is 18.0 Å². The summed E-state index contributed by atoms with van der Waals surface area (Å²) in [6.45, 7) is 4.73. The van der Waals surface area contributed by atoms with E-state index in [1.165, 1.54) is 5.69 Å². The van der Waals surface area contributed by atoms with Crippen molar-refractivity contribution >= 4 is 44.0 Å². The molecule has 10 heteroatoms. The van der Waals surface area contributed by atoms with Crippen molar-refractivity contribution in [1.29, 1.82) is 0 Å². The van der Waals surface area contributed by atoms with Gasteiger partial charge in [0.15, 0.2) is 9.84 Å². The Morgan fingerprint density at radius 1 is 1.00 bits per heavy atom. The van der Waals surface area contributed by atoms with E-state index >= 15 is 0 Å². The van der Waals surface area contributed by atoms with Crippen LogP contribution in [0.4, 0.5) is 0 Å². The van der Waals surface area contributed by atoms with Crippen LogP contribution in [-0.2, 0) is 32.5 Å². The highest BCUT2D eigenvalue weighted by Gasteiger charge is 2.29. The van der Waals surface area contributed by atoms with Crippen LogP contribution in [0.25, 0.3) is 10.8 Å². The number of nitrogens with zero attached hydrogens (tertiary/aromatic N) is 4. The first kappa shape index (κ1) is 24.8. The van der Waals surface area contributed by atoms with Crippen LogP contribution in [0.15, 0.2) is 47.5 Å². The van der Waals surface area contributed by atoms with Crippen molar-refractivity contribution in [2.24, 2.45) is 0 Å². The molecule has 2 aromatic carbocycles. The van der Waals surface area contributed by atoms with Crippen LogP contribution < -0.4 is 0 Å². The fraction of sp³-hybridized carbons (Fsp3) is 0.423. The van der Waals surface area contributed by atoms with Crippen molar-refractivity contribution in [1.82, 2.24) is 19.4 Å². The van der Waals surface area contributed by atoms with Crippen molar-refractivity contribution in [3.05, 3.63) is 59.1 Å². The summed E-state index contributed by atoms with van der Waals surface area (Å²) in [6, 6.07) is 10.3. The quantitative estimate of drug-likeness (QED) is 0.504. The fourth-order valence-corrected chi connectivity index (χ4v) is 6.63. The summed E-state index contributed by atoms with van der Waals surface area (Å²) in [6.07, 6.45) is 3.50. The number of amides is 2. The third-order valence-electron chi connectivity index (χ3n) is 7.32. The third-order valence-corrected chi connectivity index (χ3v) is 9.27. The Bertz CT molecular complexity index is 1430. The van der Waals surface area contributed by atoms with Crippen LogP contribution in [-0.4, -0.2) is 65.0 Å². The largest absolute Gasteiger partial charge is 0.343 e. The molecule has 2 aliphatic heterocycles. The molecule has 0 atom stereocenters. The van der Waals surface area contributed by atoms with E-state index in [0.717, 1.165) is 36.0 Å². The number of carbonyl (C=O) groups is 2. The molecule has 0 bridgehead atoms. The van der Waals surface area contributed by atoms with E-state index in [0.29, 0.717) is 37.1 Å². The van der Waals surface area contributed by atoms with Gasteiger partial charge in [0.05, 0.1) is 17.2 Å². The van der Waals surface area contributed by atoms with Gasteiger partial charge >= 0.3 is 0 Å². The molecule has 0 radical (unpaired) electrons. The lowest BCUT2D eigenvalue weighted by Crippen LogP contribution is -2.40. The number of fused-ring (bicyclic) bond motifs is 2. The second-order valence-corrected chi connectivity index (χ2v) is 12.1. The van der Waals surface area contributed by atoms with Gasteiger partial charge in [-0.05, 0) is 47.9 Å². The third kappa shape index (κ3) is 4.99. The van der Waals surface area contributed by atoms with Crippen LogP contribution in [0.5, 0.6) is 0 Å². The molecule has 3 heterocycles. The highest BCUT2D eigenvalue weighted by Crippen LogP contribution is 2.30. The maximum atomic E-state index is 12.9. The van der Waals surface area contributed by atoms with E-state index in [1.54, 1.807) is 53.1 Å². The highest BCUT2D eigenvalue weighted by atomic mass is 35.5. The van der Waals surface area contributed by atoms with Gasteiger partial charge in [0.2, 0.25) is 11.8 Å². The first-order valence-corrected chi connectivity index (χ1v) is 14.2. The van der Waals surface area contributed by atoms with Gasteiger partial charge in [0.25, 0.3) is 0 Å². The lowest BCUT2D eigenvalue weighted by molar-refractivity contribution is -0.132. The van der Waals surface area contributed by atoms with Gasteiger partial charge in [-0.25, -0.2) is 13.4 Å². The van der Waals surface area contributed by atoms with Crippen molar-refractivity contribution in [3.63, 3.8) is 0 Å². The molecule has 0 spiro atoms. The summed E-state index contributed by atoms with van der Waals surface area (Å²) in [5.74, 6) is 0.927. The zero-order valence-electron chi connectivity index (χ0n) is 20.2. The number of likely N-dealkylation sites (tertiary alicyclic amines) is 1. The van der Waals surface area contributed by atoms with E-state index in [1.807, 2.05) is 6.20 Å². The number of aromatic nitrogens is 2. The molecule has 0 aliphatic carbocycles. The Morgan fingerprint density at radius 2 is 1.72 bits per heavy atom. The second kappa shape index (κ2) is 9.86. The van der Waals surface area contributed by atoms with Gasteiger partial charge < -0.3 is 14.4 Å². The SMILES string of the molecule is CC(=O)N1CCn2c(C3CCN(C(=O)CCS(=O)(=O)c4ccc5cc(Cl)ccc5c4)CC3)cnc2C1. The first-order valence-electron chi connectivity index (χ1n) is 12.2. The van der Waals surface area contributed by atoms with Crippen molar-refractivity contribution in [2.45, 2.75) is 50.1 Å². The normalized spacial score (nSPS) is 16.8. The molecular weight excluding hydrogens is 500 g/mol. The molecule has 3 aromatic rings. The number of imidazole rings is 1. The maximum Gasteiger partial charge on any atom is 0.223 e. The molecule has 2 aliphatic rings. The lowest BCUT2D eigenvalue weighted by atomic mass is 9.93. The Balaban J connectivity index is 1.17. The van der Waals surface area contributed by atoms with E-state index in [-0.39, 0.29) is 28.9 Å². The second-order valence-electron chi connectivity index (χ2n) is 9.57. The molecule has 36 heavy (non-hydrogen) atoms. The van der Waals surface area contributed by atoms with Gasteiger partial charge in [0.1, 0.15) is 5.82 Å². The van der Waals surface area contributed by atoms with Crippen LogP contribution in [0.3, 0.4) is 0 Å². The number of hydrogen-bond donors (Lipinski definition) is 0. The summed E-state index contributed by atoms with van der Waals surface area (Å²) in [4.78, 5) is 32.9. The molecule has 0 saturated carbocycles. The number of rotatable bonds is 5. The average Bonchev–Trinajstić information content (AvgIpc) is 3.30. The van der Waals surface area contributed by atoms with Crippen molar-refractivity contribution in [3.8, 4) is 0 Å². The standard InChI is InChI=1S/C26H29ClN4O4S/c1-18(32)30-11-12-31-24(16-28-25(31)17-30)19-6-9-29(10-7-19)26(33)8-13-36(34,35)23-5-3-20-14-22(27)4-2-21(20)15-23/h2-5,14-16,19H,6-13,17H2,1H3. The first-order chi connectivity index (χ1) is 17.2. The van der Waals surface area contributed by atoms with Gasteiger partial charge in [-0.2, -0.15) is 0 Å². The number of halogens is 1. The number of hydrogen-bond acceptors (Lipinski definition) is 5. The molecule has 1 aromatic heterocycles. The Labute approximate surface area is 215 Å². The fourth-order valence-electron chi connectivity index (χ4n) is 5.19. The van der Waals surface area contributed by atoms with Crippen molar-refractivity contribution in [2.75, 3.05) is 25.4 Å². The van der Waals surface area contributed by atoms with Gasteiger partial charge in [-0.3, -0.25) is 9.59 Å². The smallest absolute Gasteiger partial charge is 0.223 e. The molecule has 0 N–H and O–H groups in total. The molecule has 2 amide bonds. The van der Waals surface area contributed by atoms with Gasteiger partial charge in [0, 0.05) is 62.4 Å². The van der Waals surface area contributed by atoms with Crippen LogP contribution >= 0.6 is 11.6 Å². The van der Waals surface area contributed by atoms with E-state index in [2.05, 4.69) is 9.55 Å². The number of carbonyl (C=O) groups excluding carboxylic acids is 2. The summed E-state index contributed by atoms with van der Waals surface area (Å²) in [5.41, 5.74) is 1.17. The predicted octanol–water partition coefficient (Wildman–Crippen LogP) is 3.62. The summed E-state index contributed by atoms with van der Waals surface area (Å²) in [5, 5.41) is 2.26. The number of benzene rings is 2. The molecule has 0 unspecified atom stereocenters. The van der Waals surface area contributed by atoms with E-state index in [9.17, 15) is 18.0 Å². The Morgan fingerprint density at radius 3 is 2.47 bits per heavy atom. The average molecular weight is 529 g/mol. The van der Waals surface area contributed by atoms with Crippen LogP contribution in [0.2, 0.25) is 5.02 Å². The molecule has 190 valence electrons. The molecule has 5 rings (SSSR count). The Hall–Kier alpha value is -2.91. The highest BCUT2D eigenvalue weighted by molar-refractivity contribution is 7.91. The van der Waals surface area contributed by atoms with E-state index < -0.39 is 9.84 Å². The predicted molar refractivity (Wildman–Crippen MR) is 138 cm³/mol. The molecular formula is C26H29ClN4O4S. The minimum absolute atomic E-state index is 0.0331. The maximum absolute atomic E-state index is 12.9. The lowest BCUT2D eigenvalue weighted by Gasteiger charge is -2.34.